The fourth-order valence-electron chi connectivity index (χ4n) is 4.46. The van der Waals surface area contributed by atoms with Gasteiger partial charge < -0.3 is 10.2 Å². The van der Waals surface area contributed by atoms with Crippen LogP contribution in [0.15, 0.2) is 18.2 Å². The van der Waals surface area contributed by atoms with Crippen molar-refractivity contribution in [2.75, 3.05) is 18.4 Å². The minimum absolute atomic E-state index is 0.258. The number of nitrogens with one attached hydrogen (secondary N) is 2. The second-order valence-electron chi connectivity index (χ2n) is 8.47. The van der Waals surface area contributed by atoms with E-state index >= 15 is 0 Å². The summed E-state index contributed by atoms with van der Waals surface area (Å²) in [6, 6.07) is 6.31. The Balaban J connectivity index is 1.23. The van der Waals surface area contributed by atoms with Crippen LogP contribution in [0.1, 0.15) is 59.0 Å². The number of likely N-dealkylation sites (tertiary alicyclic amines) is 1. The molecular formula is C21H26FN5OS. The van der Waals surface area contributed by atoms with Crippen molar-refractivity contribution >= 4 is 22.4 Å². The highest BCUT2D eigenvalue weighted by atomic mass is 32.1. The van der Waals surface area contributed by atoms with Gasteiger partial charge in [-0.15, -0.1) is 10.2 Å². The first-order valence-electron chi connectivity index (χ1n) is 10.5. The molecule has 154 valence electrons. The molecule has 3 aliphatic rings. The molecule has 0 spiro atoms. The molecule has 1 amide bonds. The van der Waals surface area contributed by atoms with Gasteiger partial charge in [0.15, 0.2) is 0 Å². The monoisotopic (exact) mass is 415 g/mol. The van der Waals surface area contributed by atoms with Crippen LogP contribution in [0.3, 0.4) is 0 Å². The predicted molar refractivity (Wildman–Crippen MR) is 111 cm³/mol. The summed E-state index contributed by atoms with van der Waals surface area (Å²) in [6.45, 7) is 4.20. The van der Waals surface area contributed by atoms with Gasteiger partial charge in [-0.3, -0.25) is 10.1 Å². The van der Waals surface area contributed by atoms with Crippen LogP contribution in [0.5, 0.6) is 0 Å². The van der Waals surface area contributed by atoms with Crippen LogP contribution in [-0.2, 0) is 0 Å². The summed E-state index contributed by atoms with van der Waals surface area (Å²) in [5.41, 5.74) is 1.31. The van der Waals surface area contributed by atoms with Crippen molar-refractivity contribution in [3.63, 3.8) is 0 Å². The summed E-state index contributed by atoms with van der Waals surface area (Å²) in [6.07, 6.45) is 6.11. The zero-order valence-corrected chi connectivity index (χ0v) is 17.3. The summed E-state index contributed by atoms with van der Waals surface area (Å²) in [5, 5.41) is 15.6. The lowest BCUT2D eigenvalue weighted by Gasteiger charge is -2.32. The summed E-state index contributed by atoms with van der Waals surface area (Å²) in [5.74, 6) is -0.460. The highest BCUT2D eigenvalue weighted by molar-refractivity contribution is 7.15. The molecule has 2 saturated carbocycles. The van der Waals surface area contributed by atoms with Gasteiger partial charge in [0, 0.05) is 29.6 Å². The molecular weight excluding hydrogens is 389 g/mol. The Morgan fingerprint density at radius 1 is 1.21 bits per heavy atom. The Morgan fingerprint density at radius 3 is 2.69 bits per heavy atom. The first-order chi connectivity index (χ1) is 14.1. The minimum Gasteiger partial charge on any atom is -0.311 e. The number of piperidine rings is 1. The number of amides is 1. The van der Waals surface area contributed by atoms with Crippen LogP contribution < -0.4 is 10.6 Å². The molecule has 1 aliphatic heterocycles. The maximum absolute atomic E-state index is 13.9. The molecule has 1 aromatic carbocycles. The van der Waals surface area contributed by atoms with E-state index in [2.05, 4.69) is 25.7 Å². The number of halogens is 1. The van der Waals surface area contributed by atoms with E-state index in [0.29, 0.717) is 22.8 Å². The number of anilines is 1. The maximum Gasteiger partial charge on any atom is 0.257 e. The molecule has 0 radical (unpaired) electrons. The quantitative estimate of drug-likeness (QED) is 0.758. The smallest absolute Gasteiger partial charge is 0.257 e. The lowest BCUT2D eigenvalue weighted by molar-refractivity contribution is 0.102. The molecule has 2 atom stereocenters. The second kappa shape index (κ2) is 7.74. The number of rotatable bonds is 6. The van der Waals surface area contributed by atoms with Crippen LogP contribution in [0.2, 0.25) is 0 Å². The standard InChI is InChI=1S/C21H26FN5OS/c1-12-25-26-21(29-12)24-20(28)18-10-13(22)2-5-16(18)17-11-19(17)23-14-6-8-27(9-7-14)15-3-4-15/h2,5,10,14-15,17,19,23H,3-4,6-9,11H2,1H3,(H,24,26,28)/t17-,19+/m0/s1. The Hall–Kier alpha value is -1.90. The summed E-state index contributed by atoms with van der Waals surface area (Å²) < 4.78 is 13.9. The third-order valence-corrected chi connectivity index (χ3v) is 6.99. The highest BCUT2D eigenvalue weighted by Gasteiger charge is 2.42. The van der Waals surface area contributed by atoms with Crippen LogP contribution in [0.25, 0.3) is 0 Å². The topological polar surface area (TPSA) is 70.1 Å². The van der Waals surface area contributed by atoms with Gasteiger partial charge in [0.1, 0.15) is 10.8 Å². The largest absolute Gasteiger partial charge is 0.311 e. The first kappa shape index (κ1) is 19.1. The van der Waals surface area contributed by atoms with Gasteiger partial charge in [-0.1, -0.05) is 17.4 Å². The molecule has 29 heavy (non-hydrogen) atoms. The average Bonchev–Trinajstić information content (AvgIpc) is 3.63. The number of carbonyl (C=O) groups excluding carboxylic acids is 1. The Kier molecular flexibility index (Phi) is 5.09. The Morgan fingerprint density at radius 2 is 2.00 bits per heavy atom. The van der Waals surface area contributed by atoms with Gasteiger partial charge >= 0.3 is 0 Å². The molecule has 0 unspecified atom stereocenters. The normalized spacial score (nSPS) is 25.2. The van der Waals surface area contributed by atoms with Crippen LogP contribution in [0.4, 0.5) is 9.52 Å². The van der Waals surface area contributed by atoms with E-state index in [0.717, 1.165) is 23.0 Å². The van der Waals surface area contributed by atoms with E-state index < -0.39 is 5.82 Å². The zero-order valence-electron chi connectivity index (χ0n) is 16.5. The van der Waals surface area contributed by atoms with Gasteiger partial charge in [0.2, 0.25) is 5.13 Å². The van der Waals surface area contributed by atoms with E-state index in [1.54, 1.807) is 6.07 Å². The molecule has 2 aliphatic carbocycles. The molecule has 3 fully saturated rings. The fraction of sp³-hybridized carbons (Fsp3) is 0.571. The molecule has 5 rings (SSSR count). The van der Waals surface area contributed by atoms with Crippen LogP contribution in [-0.4, -0.2) is 52.2 Å². The molecule has 2 aromatic rings. The molecule has 2 heterocycles. The summed E-state index contributed by atoms with van der Waals surface area (Å²) in [7, 11) is 0. The number of carbonyl (C=O) groups is 1. The van der Waals surface area contributed by atoms with Gasteiger partial charge in [0.05, 0.1) is 0 Å². The van der Waals surface area contributed by atoms with Gasteiger partial charge in [0.25, 0.3) is 5.91 Å². The molecule has 1 aromatic heterocycles. The molecule has 1 saturated heterocycles. The third kappa shape index (κ3) is 4.34. The van der Waals surface area contributed by atoms with Crippen molar-refractivity contribution in [3.05, 3.63) is 40.2 Å². The zero-order chi connectivity index (χ0) is 20.0. The average molecular weight is 416 g/mol. The number of nitrogens with zero attached hydrogens (tertiary/aromatic N) is 3. The summed E-state index contributed by atoms with van der Waals surface area (Å²) >= 11 is 1.31. The number of aromatic nitrogens is 2. The second-order valence-corrected chi connectivity index (χ2v) is 9.65. The summed E-state index contributed by atoms with van der Waals surface area (Å²) in [4.78, 5) is 15.4. The minimum atomic E-state index is -0.398. The van der Waals surface area contributed by atoms with Gasteiger partial charge in [-0.05, 0) is 69.8 Å². The molecule has 6 nitrogen and oxygen atoms in total. The van der Waals surface area contributed by atoms with Crippen molar-refractivity contribution in [1.29, 1.82) is 0 Å². The van der Waals surface area contributed by atoms with Crippen molar-refractivity contribution in [2.24, 2.45) is 0 Å². The number of benzene rings is 1. The number of hydrogen-bond acceptors (Lipinski definition) is 6. The van der Waals surface area contributed by atoms with Crippen LogP contribution in [0, 0.1) is 12.7 Å². The van der Waals surface area contributed by atoms with Gasteiger partial charge in [-0.25, -0.2) is 4.39 Å². The SMILES string of the molecule is Cc1nnc(NC(=O)c2cc(F)ccc2[C@@H]2C[C@H]2NC2CCN(C3CC3)CC2)s1. The molecule has 0 bridgehead atoms. The van der Waals surface area contributed by atoms with E-state index in [9.17, 15) is 9.18 Å². The lowest BCUT2D eigenvalue weighted by Crippen LogP contribution is -2.44. The van der Waals surface area contributed by atoms with E-state index in [-0.39, 0.29) is 11.8 Å². The van der Waals surface area contributed by atoms with Crippen molar-refractivity contribution in [2.45, 2.75) is 63.1 Å². The van der Waals surface area contributed by atoms with Crippen molar-refractivity contribution < 1.29 is 9.18 Å². The number of hydrogen-bond donors (Lipinski definition) is 2. The van der Waals surface area contributed by atoms with E-state index in [4.69, 9.17) is 0 Å². The lowest BCUT2D eigenvalue weighted by atomic mass is 10.0. The van der Waals surface area contributed by atoms with E-state index in [1.165, 1.54) is 62.2 Å². The highest BCUT2D eigenvalue weighted by Crippen LogP contribution is 2.43. The molecule has 8 heteroatoms. The van der Waals surface area contributed by atoms with Crippen LogP contribution >= 0.6 is 11.3 Å². The predicted octanol–water partition coefficient (Wildman–Crippen LogP) is 3.31. The van der Waals surface area contributed by atoms with Crippen molar-refractivity contribution in [1.82, 2.24) is 20.4 Å². The molecule has 2 N–H and O–H groups in total. The van der Waals surface area contributed by atoms with E-state index in [1.807, 2.05) is 6.92 Å². The fourth-order valence-corrected chi connectivity index (χ4v) is 5.04. The van der Waals surface area contributed by atoms with Crippen molar-refractivity contribution in [3.8, 4) is 0 Å². The number of aryl methyl sites for hydroxylation is 1. The third-order valence-electron chi connectivity index (χ3n) is 6.24. The Labute approximate surface area is 173 Å². The maximum atomic E-state index is 13.9. The first-order valence-corrected chi connectivity index (χ1v) is 11.3. The van der Waals surface area contributed by atoms with Gasteiger partial charge in [-0.2, -0.15) is 0 Å². The Bertz CT molecular complexity index is 906.